The Bertz CT molecular complexity index is 455. The minimum Gasteiger partial charge on any atom is -0.451 e. The molecule has 0 atom stereocenters. The molecule has 1 fully saturated rings. The maximum atomic E-state index is 11.7. The van der Waals surface area contributed by atoms with Crippen LogP contribution in [0.5, 0.6) is 0 Å². The molecule has 1 aliphatic heterocycles. The molecule has 2 N–H and O–H groups in total. The van der Waals surface area contributed by atoms with Gasteiger partial charge in [-0.2, -0.15) is 0 Å². The summed E-state index contributed by atoms with van der Waals surface area (Å²) < 4.78 is 10.0. The van der Waals surface area contributed by atoms with Crippen LogP contribution in [0.3, 0.4) is 0 Å². The van der Waals surface area contributed by atoms with Crippen molar-refractivity contribution in [3.05, 3.63) is 24.0 Å². The van der Waals surface area contributed by atoms with Crippen LogP contribution in [0, 0.1) is 0 Å². The van der Waals surface area contributed by atoms with E-state index >= 15 is 0 Å². The van der Waals surface area contributed by atoms with Crippen LogP contribution < -0.4 is 5.73 Å². The number of pyridine rings is 1. The molecule has 1 aromatic heterocycles. The summed E-state index contributed by atoms with van der Waals surface area (Å²) in [6.07, 6.45) is 1.36. The smallest absolute Gasteiger partial charge is 0.357 e. The van der Waals surface area contributed by atoms with Crippen LogP contribution in [0.2, 0.25) is 0 Å². The predicted octanol–water partition coefficient (Wildman–Crippen LogP) is -0.321. The van der Waals surface area contributed by atoms with Crippen molar-refractivity contribution < 1.29 is 19.1 Å². The minimum atomic E-state index is -0.637. The van der Waals surface area contributed by atoms with E-state index in [-0.39, 0.29) is 18.2 Å². The first-order valence-corrected chi connectivity index (χ1v) is 5.91. The fraction of sp³-hybridized carbons (Fsp3) is 0.417. The molecule has 1 aromatic rings. The minimum absolute atomic E-state index is 0.129. The average Bonchev–Trinajstić information content (AvgIpc) is 2.46. The van der Waals surface area contributed by atoms with Crippen molar-refractivity contribution in [1.82, 2.24) is 9.88 Å². The zero-order valence-electron chi connectivity index (χ0n) is 10.4. The highest BCUT2D eigenvalue weighted by Gasteiger charge is 2.19. The summed E-state index contributed by atoms with van der Waals surface area (Å²) in [5.41, 5.74) is 6.05. The summed E-state index contributed by atoms with van der Waals surface area (Å²) in [6, 6.07) is 3.00. The topological polar surface area (TPSA) is 94.8 Å². The largest absolute Gasteiger partial charge is 0.451 e. The molecule has 2 rings (SSSR count). The standard InChI is InChI=1S/C12H15N3O4/c13-9-1-2-10(14-7-9)12(17)19-8-11(16)15-3-5-18-6-4-15/h1-2,7H,3-6,8,13H2. The Hall–Kier alpha value is -2.15. The number of nitrogens with two attached hydrogens (primary N) is 1. The quantitative estimate of drug-likeness (QED) is 0.753. The van der Waals surface area contributed by atoms with Gasteiger partial charge in [-0.3, -0.25) is 4.79 Å². The Kier molecular flexibility index (Phi) is 4.30. The van der Waals surface area contributed by atoms with E-state index < -0.39 is 5.97 Å². The van der Waals surface area contributed by atoms with Crippen molar-refractivity contribution in [2.45, 2.75) is 0 Å². The van der Waals surface area contributed by atoms with Crippen LogP contribution in [0.4, 0.5) is 5.69 Å². The number of nitrogen functional groups attached to an aromatic ring is 1. The lowest BCUT2D eigenvalue weighted by Crippen LogP contribution is -2.42. The van der Waals surface area contributed by atoms with Crippen LogP contribution in [0.25, 0.3) is 0 Å². The number of aromatic nitrogens is 1. The van der Waals surface area contributed by atoms with Gasteiger partial charge >= 0.3 is 5.97 Å². The number of esters is 1. The van der Waals surface area contributed by atoms with E-state index in [1.807, 2.05) is 0 Å². The maximum absolute atomic E-state index is 11.7. The first kappa shape index (κ1) is 13.3. The second-order valence-corrected chi connectivity index (χ2v) is 4.05. The number of ether oxygens (including phenoxy) is 2. The molecule has 0 bridgehead atoms. The number of carbonyl (C=O) groups excluding carboxylic acids is 2. The molecule has 0 spiro atoms. The van der Waals surface area contributed by atoms with Crippen molar-refractivity contribution in [3.63, 3.8) is 0 Å². The van der Waals surface area contributed by atoms with Crippen LogP contribution >= 0.6 is 0 Å². The molecular formula is C12H15N3O4. The van der Waals surface area contributed by atoms with Crippen molar-refractivity contribution >= 4 is 17.6 Å². The lowest BCUT2D eigenvalue weighted by atomic mass is 10.3. The SMILES string of the molecule is Nc1ccc(C(=O)OCC(=O)N2CCOCC2)nc1. The summed E-state index contributed by atoms with van der Waals surface area (Å²) in [7, 11) is 0. The highest BCUT2D eigenvalue weighted by atomic mass is 16.5. The lowest BCUT2D eigenvalue weighted by Gasteiger charge is -2.26. The molecule has 102 valence electrons. The van der Waals surface area contributed by atoms with Gasteiger partial charge in [0.2, 0.25) is 0 Å². The van der Waals surface area contributed by atoms with Crippen LogP contribution in [0.1, 0.15) is 10.5 Å². The fourth-order valence-electron chi connectivity index (χ4n) is 1.63. The van der Waals surface area contributed by atoms with Crippen LogP contribution in [0.15, 0.2) is 18.3 Å². The van der Waals surface area contributed by atoms with Gasteiger partial charge in [0.15, 0.2) is 6.61 Å². The summed E-state index contributed by atoms with van der Waals surface area (Å²) in [5, 5.41) is 0. The van der Waals surface area contributed by atoms with Crippen LogP contribution in [-0.4, -0.2) is 54.7 Å². The van der Waals surface area contributed by atoms with Crippen molar-refractivity contribution in [1.29, 1.82) is 0 Å². The number of anilines is 1. The van der Waals surface area contributed by atoms with Gasteiger partial charge in [0.1, 0.15) is 5.69 Å². The van der Waals surface area contributed by atoms with Crippen molar-refractivity contribution in [3.8, 4) is 0 Å². The van der Waals surface area contributed by atoms with Gasteiger partial charge in [0.25, 0.3) is 5.91 Å². The molecule has 19 heavy (non-hydrogen) atoms. The third-order valence-electron chi connectivity index (χ3n) is 2.69. The molecular weight excluding hydrogens is 250 g/mol. The number of rotatable bonds is 3. The summed E-state index contributed by atoms with van der Waals surface area (Å²) >= 11 is 0. The number of nitrogens with zero attached hydrogens (tertiary/aromatic N) is 2. The average molecular weight is 265 g/mol. The fourth-order valence-corrected chi connectivity index (χ4v) is 1.63. The highest BCUT2D eigenvalue weighted by molar-refractivity contribution is 5.89. The van der Waals surface area contributed by atoms with E-state index in [0.29, 0.717) is 32.0 Å². The van der Waals surface area contributed by atoms with Gasteiger partial charge in [-0.05, 0) is 12.1 Å². The van der Waals surface area contributed by atoms with Crippen LogP contribution in [-0.2, 0) is 14.3 Å². The number of morpholine rings is 1. The zero-order chi connectivity index (χ0) is 13.7. The Labute approximate surface area is 110 Å². The lowest BCUT2D eigenvalue weighted by molar-refractivity contribution is -0.138. The third-order valence-corrected chi connectivity index (χ3v) is 2.69. The van der Waals surface area contributed by atoms with E-state index in [0.717, 1.165) is 0 Å². The molecule has 7 nitrogen and oxygen atoms in total. The van der Waals surface area contributed by atoms with Gasteiger partial charge in [0, 0.05) is 13.1 Å². The van der Waals surface area contributed by atoms with Crippen molar-refractivity contribution in [2.75, 3.05) is 38.6 Å². The normalized spacial score (nSPS) is 15.1. The van der Waals surface area contributed by atoms with Gasteiger partial charge in [-0.25, -0.2) is 9.78 Å². The van der Waals surface area contributed by atoms with Gasteiger partial charge in [-0.15, -0.1) is 0 Å². The Morgan fingerprint density at radius 3 is 2.74 bits per heavy atom. The molecule has 1 aliphatic rings. The molecule has 1 saturated heterocycles. The Morgan fingerprint density at radius 1 is 1.37 bits per heavy atom. The first-order valence-electron chi connectivity index (χ1n) is 5.91. The Balaban J connectivity index is 1.82. The summed E-state index contributed by atoms with van der Waals surface area (Å²) in [4.78, 5) is 28.8. The number of hydrogen-bond acceptors (Lipinski definition) is 6. The van der Waals surface area contributed by atoms with E-state index in [4.69, 9.17) is 15.2 Å². The molecule has 7 heteroatoms. The molecule has 0 radical (unpaired) electrons. The molecule has 1 amide bonds. The molecule has 0 aromatic carbocycles. The molecule has 0 unspecified atom stereocenters. The monoisotopic (exact) mass is 265 g/mol. The van der Waals surface area contributed by atoms with E-state index in [1.54, 1.807) is 11.0 Å². The van der Waals surface area contributed by atoms with E-state index in [1.165, 1.54) is 12.3 Å². The predicted molar refractivity (Wildman–Crippen MR) is 66.3 cm³/mol. The summed E-state index contributed by atoms with van der Waals surface area (Å²) in [5.74, 6) is -0.867. The second-order valence-electron chi connectivity index (χ2n) is 4.05. The highest BCUT2D eigenvalue weighted by Crippen LogP contribution is 2.03. The first-order chi connectivity index (χ1) is 9.16. The zero-order valence-corrected chi connectivity index (χ0v) is 10.4. The van der Waals surface area contributed by atoms with E-state index in [2.05, 4.69) is 4.98 Å². The molecule has 0 aliphatic carbocycles. The van der Waals surface area contributed by atoms with Gasteiger partial charge in [-0.1, -0.05) is 0 Å². The third kappa shape index (κ3) is 3.65. The number of carbonyl (C=O) groups is 2. The van der Waals surface area contributed by atoms with E-state index in [9.17, 15) is 9.59 Å². The molecule has 2 heterocycles. The summed E-state index contributed by atoms with van der Waals surface area (Å²) in [6.45, 7) is 1.79. The van der Waals surface area contributed by atoms with Gasteiger partial charge < -0.3 is 20.1 Å². The molecule has 0 saturated carbocycles. The second kappa shape index (κ2) is 6.14. The maximum Gasteiger partial charge on any atom is 0.357 e. The number of hydrogen-bond donors (Lipinski definition) is 1. The van der Waals surface area contributed by atoms with Crippen molar-refractivity contribution in [2.24, 2.45) is 0 Å². The number of amides is 1. The van der Waals surface area contributed by atoms with Gasteiger partial charge in [0.05, 0.1) is 25.1 Å². The Morgan fingerprint density at radius 2 is 2.11 bits per heavy atom.